The van der Waals surface area contributed by atoms with Crippen LogP contribution in [0.4, 0.5) is 4.79 Å². The van der Waals surface area contributed by atoms with E-state index >= 15 is 0 Å². The molecule has 128 valence electrons. The molecule has 6 nitrogen and oxygen atoms in total. The molecule has 0 aromatic heterocycles. The first-order valence-corrected chi connectivity index (χ1v) is 8.26. The monoisotopic (exact) mass is 313 g/mol. The van der Waals surface area contributed by atoms with Gasteiger partial charge in [-0.25, -0.2) is 4.79 Å². The predicted octanol–water partition coefficient (Wildman–Crippen LogP) is 1.17. The minimum atomic E-state index is -0.417. The van der Waals surface area contributed by atoms with Gasteiger partial charge in [0.05, 0.1) is 13.2 Å². The smallest absolute Gasteiger partial charge is 0.410 e. The summed E-state index contributed by atoms with van der Waals surface area (Å²) in [4.78, 5) is 16.2. The standard InChI is InChI=1S/C16H31N3O3/c1-15(2,3)22-14(20)19-9-7-18(8-10-19)6-5-17-11-16(4)12-21-13-16/h17H,5-13H2,1-4H3. The molecule has 2 saturated heterocycles. The van der Waals surface area contributed by atoms with Crippen molar-refractivity contribution in [3.05, 3.63) is 0 Å². The van der Waals surface area contributed by atoms with Crippen LogP contribution in [-0.2, 0) is 9.47 Å². The van der Waals surface area contributed by atoms with Gasteiger partial charge in [0, 0.05) is 51.2 Å². The van der Waals surface area contributed by atoms with Crippen molar-refractivity contribution in [2.24, 2.45) is 5.41 Å². The van der Waals surface area contributed by atoms with Crippen LogP contribution in [0.2, 0.25) is 0 Å². The normalized spacial score (nSPS) is 22.3. The highest BCUT2D eigenvalue weighted by Gasteiger charge is 2.32. The Kier molecular flexibility index (Phi) is 5.69. The van der Waals surface area contributed by atoms with E-state index in [1.54, 1.807) is 0 Å². The Balaban J connectivity index is 1.58. The number of amides is 1. The van der Waals surface area contributed by atoms with E-state index in [1.165, 1.54) is 0 Å². The third-order valence-corrected chi connectivity index (χ3v) is 4.08. The fraction of sp³-hybridized carbons (Fsp3) is 0.938. The molecule has 0 unspecified atom stereocenters. The van der Waals surface area contributed by atoms with Crippen LogP contribution in [0.25, 0.3) is 0 Å². The third kappa shape index (κ3) is 5.41. The van der Waals surface area contributed by atoms with E-state index in [0.29, 0.717) is 5.41 Å². The lowest BCUT2D eigenvalue weighted by Crippen LogP contribution is -2.52. The minimum Gasteiger partial charge on any atom is -0.444 e. The first kappa shape index (κ1) is 17.5. The molecule has 22 heavy (non-hydrogen) atoms. The molecule has 0 spiro atoms. The van der Waals surface area contributed by atoms with E-state index in [-0.39, 0.29) is 6.09 Å². The summed E-state index contributed by atoms with van der Waals surface area (Å²) in [6.45, 7) is 16.1. The van der Waals surface area contributed by atoms with Crippen molar-refractivity contribution >= 4 is 6.09 Å². The highest BCUT2D eigenvalue weighted by Crippen LogP contribution is 2.24. The van der Waals surface area contributed by atoms with Gasteiger partial charge in [-0.15, -0.1) is 0 Å². The molecular weight excluding hydrogens is 282 g/mol. The summed E-state index contributed by atoms with van der Waals surface area (Å²) in [7, 11) is 0. The quantitative estimate of drug-likeness (QED) is 0.772. The van der Waals surface area contributed by atoms with Crippen molar-refractivity contribution in [3.8, 4) is 0 Å². The van der Waals surface area contributed by atoms with Crippen molar-refractivity contribution < 1.29 is 14.3 Å². The Labute approximate surface area is 134 Å². The molecule has 0 aliphatic carbocycles. The topological polar surface area (TPSA) is 54.0 Å². The van der Waals surface area contributed by atoms with Crippen LogP contribution in [0.15, 0.2) is 0 Å². The van der Waals surface area contributed by atoms with E-state index in [4.69, 9.17) is 9.47 Å². The number of hydrogen-bond donors (Lipinski definition) is 1. The van der Waals surface area contributed by atoms with Gasteiger partial charge in [-0.1, -0.05) is 6.92 Å². The highest BCUT2D eigenvalue weighted by molar-refractivity contribution is 5.68. The summed E-state index contributed by atoms with van der Waals surface area (Å²) >= 11 is 0. The van der Waals surface area contributed by atoms with E-state index < -0.39 is 5.60 Å². The summed E-state index contributed by atoms with van der Waals surface area (Å²) in [6, 6.07) is 0. The van der Waals surface area contributed by atoms with Crippen LogP contribution in [0, 0.1) is 5.41 Å². The van der Waals surface area contributed by atoms with Crippen molar-refractivity contribution in [3.63, 3.8) is 0 Å². The Hall–Kier alpha value is -0.850. The lowest BCUT2D eigenvalue weighted by atomic mass is 9.89. The first-order valence-electron chi connectivity index (χ1n) is 8.26. The Morgan fingerprint density at radius 2 is 1.86 bits per heavy atom. The second-order valence-corrected chi connectivity index (χ2v) is 7.79. The zero-order chi connectivity index (χ0) is 16.2. The number of hydrogen-bond acceptors (Lipinski definition) is 5. The maximum Gasteiger partial charge on any atom is 0.410 e. The molecule has 0 aromatic rings. The molecule has 2 aliphatic rings. The molecule has 0 bridgehead atoms. The van der Waals surface area contributed by atoms with Crippen LogP contribution < -0.4 is 5.32 Å². The maximum absolute atomic E-state index is 12.0. The molecule has 0 saturated carbocycles. The lowest BCUT2D eigenvalue weighted by Gasteiger charge is -2.39. The number of carbonyl (C=O) groups is 1. The van der Waals surface area contributed by atoms with Crippen LogP contribution in [0.3, 0.4) is 0 Å². The van der Waals surface area contributed by atoms with Crippen molar-refractivity contribution in [1.82, 2.24) is 15.1 Å². The summed E-state index contributed by atoms with van der Waals surface area (Å²) in [5.41, 5.74) is -0.0884. The first-order chi connectivity index (χ1) is 10.3. The number of nitrogens with zero attached hydrogens (tertiary/aromatic N) is 2. The average molecular weight is 313 g/mol. The van der Waals surface area contributed by atoms with E-state index in [1.807, 2.05) is 25.7 Å². The van der Waals surface area contributed by atoms with Gasteiger partial charge >= 0.3 is 6.09 Å². The number of piperazine rings is 1. The van der Waals surface area contributed by atoms with Gasteiger partial charge in [-0.05, 0) is 20.8 Å². The molecule has 2 rings (SSSR count). The Morgan fingerprint density at radius 3 is 2.36 bits per heavy atom. The minimum absolute atomic E-state index is 0.191. The Morgan fingerprint density at radius 1 is 1.23 bits per heavy atom. The van der Waals surface area contributed by atoms with Crippen LogP contribution in [0.5, 0.6) is 0 Å². The van der Waals surface area contributed by atoms with Crippen molar-refractivity contribution in [2.45, 2.75) is 33.3 Å². The molecular formula is C16H31N3O3. The molecule has 0 radical (unpaired) electrons. The second kappa shape index (κ2) is 7.15. The van der Waals surface area contributed by atoms with Crippen LogP contribution >= 0.6 is 0 Å². The molecule has 0 aromatic carbocycles. The fourth-order valence-electron chi connectivity index (χ4n) is 2.66. The number of ether oxygens (including phenoxy) is 2. The van der Waals surface area contributed by atoms with E-state index in [0.717, 1.165) is 59.0 Å². The largest absolute Gasteiger partial charge is 0.444 e. The molecule has 2 aliphatic heterocycles. The van der Waals surface area contributed by atoms with E-state index in [9.17, 15) is 4.79 Å². The zero-order valence-corrected chi connectivity index (χ0v) is 14.5. The summed E-state index contributed by atoms with van der Waals surface area (Å²) in [6.07, 6.45) is -0.191. The molecule has 6 heteroatoms. The van der Waals surface area contributed by atoms with Gasteiger partial charge in [-0.3, -0.25) is 4.90 Å². The van der Waals surface area contributed by atoms with Crippen LogP contribution in [0.1, 0.15) is 27.7 Å². The van der Waals surface area contributed by atoms with Gasteiger partial charge in [-0.2, -0.15) is 0 Å². The number of nitrogens with one attached hydrogen (secondary N) is 1. The van der Waals surface area contributed by atoms with Crippen molar-refractivity contribution in [1.29, 1.82) is 0 Å². The molecule has 2 fully saturated rings. The molecule has 1 N–H and O–H groups in total. The highest BCUT2D eigenvalue weighted by atomic mass is 16.6. The van der Waals surface area contributed by atoms with E-state index in [2.05, 4.69) is 17.1 Å². The summed E-state index contributed by atoms with van der Waals surface area (Å²) in [5.74, 6) is 0. The van der Waals surface area contributed by atoms with Gasteiger partial charge in [0.15, 0.2) is 0 Å². The fourth-order valence-corrected chi connectivity index (χ4v) is 2.66. The SMILES string of the molecule is CC1(CNCCN2CCN(C(=O)OC(C)(C)C)CC2)COC1. The summed E-state index contributed by atoms with van der Waals surface area (Å²) < 4.78 is 10.7. The van der Waals surface area contributed by atoms with Gasteiger partial charge in [0.1, 0.15) is 5.60 Å². The van der Waals surface area contributed by atoms with Gasteiger partial charge in [0.2, 0.25) is 0 Å². The molecule has 1 amide bonds. The summed E-state index contributed by atoms with van der Waals surface area (Å²) in [5, 5.41) is 3.51. The number of carbonyl (C=O) groups excluding carboxylic acids is 1. The second-order valence-electron chi connectivity index (χ2n) is 7.79. The zero-order valence-electron chi connectivity index (χ0n) is 14.5. The van der Waals surface area contributed by atoms with Crippen molar-refractivity contribution in [2.75, 3.05) is 59.0 Å². The lowest BCUT2D eigenvalue weighted by molar-refractivity contribution is -0.0990. The molecule has 0 atom stereocenters. The Bertz CT molecular complexity index is 369. The van der Waals surface area contributed by atoms with Crippen LogP contribution in [-0.4, -0.2) is 80.5 Å². The average Bonchev–Trinajstić information content (AvgIpc) is 2.40. The third-order valence-electron chi connectivity index (χ3n) is 4.08. The predicted molar refractivity (Wildman–Crippen MR) is 86.0 cm³/mol. The maximum atomic E-state index is 12.0. The molecule has 2 heterocycles. The van der Waals surface area contributed by atoms with Gasteiger partial charge in [0.25, 0.3) is 0 Å². The number of rotatable bonds is 5. The van der Waals surface area contributed by atoms with Gasteiger partial charge < -0.3 is 19.7 Å².